The number of ketones is 1. The maximum absolute atomic E-state index is 13.4. The fourth-order valence-electron chi connectivity index (χ4n) is 2.03. The minimum atomic E-state index is -0.912. The van der Waals surface area contributed by atoms with Crippen LogP contribution in [0.3, 0.4) is 0 Å². The molecule has 1 atom stereocenters. The van der Waals surface area contributed by atoms with Crippen molar-refractivity contribution < 1.29 is 9.18 Å². The summed E-state index contributed by atoms with van der Waals surface area (Å²) in [5, 5.41) is 23.1. The maximum Gasteiger partial charge on any atom is 0.214 e. The fraction of sp³-hybridized carbons (Fsp3) is 0.200. The Hall–Kier alpha value is -2.64. The molecule has 0 aliphatic heterocycles. The summed E-state index contributed by atoms with van der Waals surface area (Å²) in [4.78, 5) is 16.6. The van der Waals surface area contributed by atoms with Gasteiger partial charge in [-0.15, -0.1) is 16.4 Å². The number of tetrazole rings is 1. The van der Waals surface area contributed by atoms with Gasteiger partial charge in [0, 0.05) is 11.1 Å². The predicted molar refractivity (Wildman–Crippen MR) is 90.0 cm³/mol. The van der Waals surface area contributed by atoms with Crippen LogP contribution in [0, 0.1) is 24.1 Å². The number of Topliss-reactive ketones (excluding diaryl/α,β-unsaturated/α-hetero) is 1. The van der Waals surface area contributed by atoms with E-state index in [0.29, 0.717) is 15.9 Å². The molecule has 2 aromatic heterocycles. The number of nitriles is 1. The second-order valence-corrected chi connectivity index (χ2v) is 6.83. The summed E-state index contributed by atoms with van der Waals surface area (Å²) in [7, 11) is 0. The third-order valence-corrected chi connectivity index (χ3v) is 5.14. The molecule has 0 radical (unpaired) electrons. The normalized spacial score (nSPS) is 11.9. The summed E-state index contributed by atoms with van der Waals surface area (Å²) in [5.74, 6) is -1.60. The zero-order valence-electron chi connectivity index (χ0n) is 13.0. The molecule has 0 saturated heterocycles. The number of hydrogen-bond acceptors (Lipinski definition) is 8. The zero-order chi connectivity index (χ0) is 17.8. The number of carbonyl (C=O) groups is 1. The van der Waals surface area contributed by atoms with E-state index in [2.05, 4.69) is 20.5 Å². The summed E-state index contributed by atoms with van der Waals surface area (Å²) >= 11 is 2.37. The van der Waals surface area contributed by atoms with Gasteiger partial charge in [-0.1, -0.05) is 17.8 Å². The molecule has 7 nitrogen and oxygen atoms in total. The molecule has 2 heterocycles. The molecular weight excluding hydrogens is 363 g/mol. The third-order valence-electron chi connectivity index (χ3n) is 3.17. The van der Waals surface area contributed by atoms with Gasteiger partial charge < -0.3 is 0 Å². The Kier molecular flexibility index (Phi) is 5.16. The number of thioether (sulfide) groups is 1. The van der Waals surface area contributed by atoms with Crippen molar-refractivity contribution in [2.45, 2.75) is 18.0 Å². The Labute approximate surface area is 150 Å². The van der Waals surface area contributed by atoms with Crippen LogP contribution in [-0.2, 0) is 4.79 Å². The van der Waals surface area contributed by atoms with E-state index in [1.807, 2.05) is 6.07 Å². The standard InChI is InChI=1S/C15H11FN6OS2/c1-9-7-24-14(18-9)12(6-17)13(23)8-25-15-19-20-21-22(15)11-4-2-3-10(16)5-11/h2-5,7,12H,8H2,1H3/t12-/m0/s1. The fourth-order valence-corrected chi connectivity index (χ4v) is 3.68. The molecule has 0 aliphatic rings. The van der Waals surface area contributed by atoms with Gasteiger partial charge in [-0.3, -0.25) is 4.79 Å². The Morgan fingerprint density at radius 3 is 3.04 bits per heavy atom. The van der Waals surface area contributed by atoms with Crippen molar-refractivity contribution in [3.63, 3.8) is 0 Å². The highest BCUT2D eigenvalue weighted by atomic mass is 32.2. The molecule has 0 spiro atoms. The lowest BCUT2D eigenvalue weighted by molar-refractivity contribution is -0.116. The quantitative estimate of drug-likeness (QED) is 0.612. The molecule has 1 aromatic carbocycles. The van der Waals surface area contributed by atoms with Gasteiger partial charge in [-0.05, 0) is 35.5 Å². The van der Waals surface area contributed by atoms with Crippen molar-refractivity contribution in [2.24, 2.45) is 0 Å². The van der Waals surface area contributed by atoms with Crippen LogP contribution in [-0.4, -0.2) is 36.7 Å². The van der Waals surface area contributed by atoms with E-state index in [9.17, 15) is 14.4 Å². The number of benzene rings is 1. The van der Waals surface area contributed by atoms with Gasteiger partial charge in [0.25, 0.3) is 0 Å². The minimum absolute atomic E-state index is 0.00649. The van der Waals surface area contributed by atoms with Gasteiger partial charge in [0.05, 0.1) is 17.5 Å². The summed E-state index contributed by atoms with van der Waals surface area (Å²) in [6, 6.07) is 7.80. The van der Waals surface area contributed by atoms with E-state index >= 15 is 0 Å². The lowest BCUT2D eigenvalue weighted by atomic mass is 10.1. The number of halogens is 1. The van der Waals surface area contributed by atoms with Crippen LogP contribution in [0.2, 0.25) is 0 Å². The van der Waals surface area contributed by atoms with Crippen LogP contribution in [0.4, 0.5) is 4.39 Å². The van der Waals surface area contributed by atoms with Crippen LogP contribution in [0.5, 0.6) is 0 Å². The number of thiazole rings is 1. The molecule has 10 heteroatoms. The van der Waals surface area contributed by atoms with E-state index in [4.69, 9.17) is 0 Å². The number of rotatable bonds is 6. The molecule has 25 heavy (non-hydrogen) atoms. The molecule has 126 valence electrons. The van der Waals surface area contributed by atoms with Crippen LogP contribution < -0.4 is 0 Å². The molecule has 0 N–H and O–H groups in total. The highest BCUT2D eigenvalue weighted by Gasteiger charge is 2.24. The topological polar surface area (TPSA) is 97.4 Å². The van der Waals surface area contributed by atoms with Gasteiger partial charge >= 0.3 is 0 Å². The van der Waals surface area contributed by atoms with E-state index in [1.165, 1.54) is 28.2 Å². The van der Waals surface area contributed by atoms with Gasteiger partial charge in [0.15, 0.2) is 11.7 Å². The summed E-state index contributed by atoms with van der Waals surface area (Å²) in [6.07, 6.45) is 0. The van der Waals surface area contributed by atoms with Crippen LogP contribution in [0.1, 0.15) is 16.6 Å². The molecule has 0 bridgehead atoms. The first-order valence-electron chi connectivity index (χ1n) is 7.10. The van der Waals surface area contributed by atoms with E-state index in [1.54, 1.807) is 24.4 Å². The number of hydrogen-bond donors (Lipinski definition) is 0. The number of aryl methyl sites for hydroxylation is 1. The third kappa shape index (κ3) is 3.89. The minimum Gasteiger partial charge on any atom is -0.297 e. The van der Waals surface area contributed by atoms with E-state index in [-0.39, 0.29) is 11.5 Å². The zero-order valence-corrected chi connectivity index (χ0v) is 14.6. The van der Waals surface area contributed by atoms with Gasteiger partial charge in [-0.2, -0.15) is 9.94 Å². The van der Waals surface area contributed by atoms with Crippen molar-refractivity contribution in [2.75, 3.05) is 5.75 Å². The smallest absolute Gasteiger partial charge is 0.214 e. The molecule has 0 amide bonds. The molecule has 3 aromatic rings. The van der Waals surface area contributed by atoms with Crippen molar-refractivity contribution in [1.82, 2.24) is 25.2 Å². The maximum atomic E-state index is 13.4. The average Bonchev–Trinajstić information content (AvgIpc) is 3.23. The Morgan fingerprint density at radius 2 is 2.36 bits per heavy atom. The van der Waals surface area contributed by atoms with Gasteiger partial charge in [0.1, 0.15) is 10.8 Å². The van der Waals surface area contributed by atoms with Crippen LogP contribution in [0.25, 0.3) is 5.69 Å². The highest BCUT2D eigenvalue weighted by Crippen LogP contribution is 2.25. The van der Waals surface area contributed by atoms with Crippen molar-refractivity contribution in [1.29, 1.82) is 5.26 Å². The van der Waals surface area contributed by atoms with Crippen molar-refractivity contribution in [3.05, 3.63) is 46.2 Å². The largest absolute Gasteiger partial charge is 0.297 e. The van der Waals surface area contributed by atoms with Crippen LogP contribution >= 0.6 is 23.1 Å². The summed E-state index contributed by atoms with van der Waals surface area (Å²) < 4.78 is 14.7. The number of nitrogens with zero attached hydrogens (tertiary/aromatic N) is 6. The van der Waals surface area contributed by atoms with E-state index < -0.39 is 11.7 Å². The second kappa shape index (κ2) is 7.50. The van der Waals surface area contributed by atoms with Crippen molar-refractivity contribution >= 4 is 28.9 Å². The van der Waals surface area contributed by atoms with Gasteiger partial charge in [0.2, 0.25) is 5.16 Å². The summed E-state index contributed by atoms with van der Waals surface area (Å²) in [5.41, 5.74) is 1.23. The first-order valence-corrected chi connectivity index (χ1v) is 8.96. The molecule has 3 rings (SSSR count). The molecular formula is C15H11FN6OS2. The predicted octanol–water partition coefficient (Wildman–Crippen LogP) is 2.53. The molecule has 0 unspecified atom stereocenters. The number of carbonyl (C=O) groups excluding carboxylic acids is 1. The lowest BCUT2D eigenvalue weighted by Gasteiger charge is -2.06. The Morgan fingerprint density at radius 1 is 1.52 bits per heavy atom. The average molecular weight is 374 g/mol. The first kappa shape index (κ1) is 17.2. The first-order chi connectivity index (χ1) is 12.1. The van der Waals surface area contributed by atoms with Gasteiger partial charge in [-0.25, -0.2) is 9.37 Å². The molecule has 0 fully saturated rings. The molecule has 0 saturated carbocycles. The molecule has 0 aliphatic carbocycles. The lowest BCUT2D eigenvalue weighted by Crippen LogP contribution is -2.13. The highest BCUT2D eigenvalue weighted by molar-refractivity contribution is 7.99. The van der Waals surface area contributed by atoms with Crippen LogP contribution in [0.15, 0.2) is 34.8 Å². The number of aromatic nitrogens is 5. The summed E-state index contributed by atoms with van der Waals surface area (Å²) in [6.45, 7) is 1.81. The Bertz CT molecular complexity index is 947. The van der Waals surface area contributed by atoms with Crippen molar-refractivity contribution in [3.8, 4) is 11.8 Å². The van der Waals surface area contributed by atoms with E-state index in [0.717, 1.165) is 17.5 Å². The Balaban J connectivity index is 1.73. The monoisotopic (exact) mass is 374 g/mol. The SMILES string of the molecule is Cc1csc([C@@H](C#N)C(=O)CSc2nnnn2-c2cccc(F)c2)n1. The second-order valence-electron chi connectivity index (χ2n) is 5.00.